The number of benzene rings is 1. The molecule has 0 atom stereocenters. The Morgan fingerprint density at radius 2 is 2.04 bits per heavy atom. The van der Waals surface area contributed by atoms with Crippen LogP contribution < -0.4 is 10.9 Å². The summed E-state index contributed by atoms with van der Waals surface area (Å²) in [4.78, 5) is 17.7. The Kier molecular flexibility index (Phi) is 6.19. The molecule has 148 valence electrons. The molecule has 0 radical (unpaired) electrons. The van der Waals surface area contributed by atoms with E-state index in [1.54, 1.807) is 6.26 Å². The molecule has 0 saturated heterocycles. The number of fused-ring (bicyclic) bond motifs is 1. The molecule has 0 spiro atoms. The number of nitrogens with one attached hydrogen (secondary N) is 2. The molecule has 0 aliphatic heterocycles. The van der Waals surface area contributed by atoms with Crippen LogP contribution in [-0.4, -0.2) is 21.5 Å². The summed E-state index contributed by atoms with van der Waals surface area (Å²) in [6.07, 6.45) is 1.65. The van der Waals surface area contributed by atoms with Crippen LogP contribution in [0.4, 0.5) is 0 Å². The van der Waals surface area contributed by atoms with E-state index in [1.807, 2.05) is 36.1 Å². The minimum atomic E-state index is -0.0893. The van der Waals surface area contributed by atoms with Crippen LogP contribution in [0.15, 0.2) is 45.8 Å². The van der Waals surface area contributed by atoms with Gasteiger partial charge in [-0.3, -0.25) is 4.79 Å². The average Bonchev–Trinajstić information content (AvgIpc) is 3.13. The van der Waals surface area contributed by atoms with Crippen molar-refractivity contribution in [3.8, 4) is 0 Å². The van der Waals surface area contributed by atoms with Gasteiger partial charge in [0.25, 0.3) is 5.56 Å². The Labute approximate surface area is 170 Å². The highest BCUT2D eigenvalue weighted by atomic mass is 32.1. The third-order valence-corrected chi connectivity index (χ3v) is 5.03. The van der Waals surface area contributed by atoms with E-state index in [0.29, 0.717) is 29.7 Å². The van der Waals surface area contributed by atoms with E-state index < -0.39 is 0 Å². The zero-order valence-electron chi connectivity index (χ0n) is 16.8. The molecule has 0 aliphatic carbocycles. The summed E-state index contributed by atoms with van der Waals surface area (Å²) in [5.74, 6) is 1.27. The van der Waals surface area contributed by atoms with Gasteiger partial charge in [-0.2, -0.15) is 0 Å². The van der Waals surface area contributed by atoms with E-state index in [9.17, 15) is 4.79 Å². The number of nitrogens with zero attached hydrogens (tertiary/aromatic N) is 1. The van der Waals surface area contributed by atoms with Crippen LogP contribution in [0.2, 0.25) is 0 Å². The molecule has 6 heteroatoms. The Hall–Kier alpha value is -2.60. The number of aromatic amines is 1. The van der Waals surface area contributed by atoms with Crippen molar-refractivity contribution in [3.05, 3.63) is 69.4 Å². The van der Waals surface area contributed by atoms with Crippen LogP contribution in [0.3, 0.4) is 0 Å². The number of H-pyrrole nitrogens is 1. The molecule has 0 saturated carbocycles. The number of hydrogen-bond acceptors (Lipinski definition) is 3. The van der Waals surface area contributed by atoms with Gasteiger partial charge < -0.3 is 19.6 Å². The Morgan fingerprint density at radius 1 is 1.25 bits per heavy atom. The molecule has 3 aromatic rings. The van der Waals surface area contributed by atoms with Gasteiger partial charge in [0.15, 0.2) is 5.11 Å². The SMILES string of the molecule is Cc1cc(C)c2cc(CN(Cc3ccco3)C(=S)NCC(C)C)c(=O)[nH]c2c1. The van der Waals surface area contributed by atoms with Crippen LogP contribution in [0.1, 0.15) is 36.3 Å². The zero-order chi connectivity index (χ0) is 20.3. The normalized spacial score (nSPS) is 11.2. The summed E-state index contributed by atoms with van der Waals surface area (Å²) in [6.45, 7) is 10.0. The fraction of sp³-hybridized carbons (Fsp3) is 0.364. The third-order valence-electron chi connectivity index (χ3n) is 4.63. The van der Waals surface area contributed by atoms with Gasteiger partial charge in [-0.1, -0.05) is 19.9 Å². The fourth-order valence-corrected chi connectivity index (χ4v) is 3.45. The quantitative estimate of drug-likeness (QED) is 0.608. The molecule has 0 amide bonds. The number of thiocarbonyl (C=S) groups is 1. The highest BCUT2D eigenvalue weighted by Gasteiger charge is 2.16. The van der Waals surface area contributed by atoms with Crippen molar-refractivity contribution in [1.82, 2.24) is 15.2 Å². The van der Waals surface area contributed by atoms with Crippen molar-refractivity contribution < 1.29 is 4.42 Å². The molecule has 0 unspecified atom stereocenters. The van der Waals surface area contributed by atoms with Gasteiger partial charge in [0, 0.05) is 23.0 Å². The summed E-state index contributed by atoms with van der Waals surface area (Å²) >= 11 is 5.61. The van der Waals surface area contributed by atoms with E-state index >= 15 is 0 Å². The number of aromatic nitrogens is 1. The first kappa shape index (κ1) is 20.1. The summed E-state index contributed by atoms with van der Waals surface area (Å²) in [5, 5.41) is 4.96. The standard InChI is InChI=1S/C22H27N3O2S/c1-14(2)11-23-22(28)25(13-18-6-5-7-27-18)12-17-10-19-16(4)8-15(3)9-20(19)24-21(17)26/h5-10,14H,11-13H2,1-4H3,(H,23,28)(H,24,26). The lowest BCUT2D eigenvalue weighted by Crippen LogP contribution is -2.41. The largest absolute Gasteiger partial charge is 0.467 e. The van der Waals surface area contributed by atoms with E-state index in [4.69, 9.17) is 16.6 Å². The lowest BCUT2D eigenvalue weighted by molar-refractivity contribution is 0.348. The molecule has 28 heavy (non-hydrogen) atoms. The van der Waals surface area contributed by atoms with E-state index in [0.717, 1.165) is 34.3 Å². The Balaban J connectivity index is 1.91. The van der Waals surface area contributed by atoms with Crippen LogP contribution in [0, 0.1) is 19.8 Å². The second kappa shape index (κ2) is 8.61. The Morgan fingerprint density at radius 3 is 2.71 bits per heavy atom. The smallest absolute Gasteiger partial charge is 0.253 e. The van der Waals surface area contributed by atoms with Crippen LogP contribution in [0.5, 0.6) is 0 Å². The number of pyridine rings is 1. The van der Waals surface area contributed by atoms with Gasteiger partial charge in [0.1, 0.15) is 5.76 Å². The van der Waals surface area contributed by atoms with Gasteiger partial charge in [0.2, 0.25) is 0 Å². The molecule has 2 aromatic heterocycles. The molecular weight excluding hydrogens is 370 g/mol. The first-order chi connectivity index (χ1) is 13.3. The second-order valence-corrected chi connectivity index (χ2v) is 8.07. The van der Waals surface area contributed by atoms with Crippen LogP contribution in [-0.2, 0) is 13.1 Å². The lowest BCUT2D eigenvalue weighted by Gasteiger charge is -2.25. The van der Waals surface area contributed by atoms with Crippen LogP contribution in [0.25, 0.3) is 10.9 Å². The number of aryl methyl sites for hydroxylation is 2. The van der Waals surface area contributed by atoms with Gasteiger partial charge in [0.05, 0.1) is 19.4 Å². The molecule has 5 nitrogen and oxygen atoms in total. The first-order valence-electron chi connectivity index (χ1n) is 9.52. The second-order valence-electron chi connectivity index (χ2n) is 7.68. The monoisotopic (exact) mass is 397 g/mol. The molecular formula is C22H27N3O2S. The topological polar surface area (TPSA) is 61.3 Å². The summed E-state index contributed by atoms with van der Waals surface area (Å²) < 4.78 is 5.50. The van der Waals surface area contributed by atoms with Gasteiger partial charge in [-0.25, -0.2) is 0 Å². The van der Waals surface area contributed by atoms with E-state index in [-0.39, 0.29) is 5.56 Å². The Bertz CT molecular complexity index is 1020. The van der Waals surface area contributed by atoms with E-state index in [1.165, 1.54) is 0 Å². The van der Waals surface area contributed by atoms with Crippen molar-refractivity contribution in [2.24, 2.45) is 5.92 Å². The van der Waals surface area contributed by atoms with Gasteiger partial charge >= 0.3 is 0 Å². The van der Waals surface area contributed by atoms with Crippen molar-refractivity contribution in [2.75, 3.05) is 6.54 Å². The minimum Gasteiger partial charge on any atom is -0.467 e. The highest BCUT2D eigenvalue weighted by Crippen LogP contribution is 2.19. The summed E-state index contributed by atoms with van der Waals surface area (Å²) in [7, 11) is 0. The maximum atomic E-state index is 12.7. The van der Waals surface area contributed by atoms with Gasteiger partial charge in [-0.05, 0) is 67.4 Å². The third kappa shape index (κ3) is 4.81. The van der Waals surface area contributed by atoms with Gasteiger partial charge in [-0.15, -0.1) is 0 Å². The van der Waals surface area contributed by atoms with Crippen LogP contribution >= 0.6 is 12.2 Å². The molecule has 3 rings (SSSR count). The number of furan rings is 1. The molecule has 2 heterocycles. The van der Waals surface area contributed by atoms with E-state index in [2.05, 4.69) is 37.1 Å². The first-order valence-corrected chi connectivity index (χ1v) is 9.92. The summed E-state index contributed by atoms with van der Waals surface area (Å²) in [5.41, 5.74) is 3.73. The van der Waals surface area contributed by atoms with Crippen molar-refractivity contribution >= 4 is 28.2 Å². The minimum absolute atomic E-state index is 0.0893. The molecule has 2 N–H and O–H groups in total. The zero-order valence-corrected chi connectivity index (χ0v) is 17.7. The van der Waals surface area contributed by atoms with Crippen molar-refractivity contribution in [1.29, 1.82) is 0 Å². The average molecular weight is 398 g/mol. The summed E-state index contributed by atoms with van der Waals surface area (Å²) in [6, 6.07) is 9.87. The maximum Gasteiger partial charge on any atom is 0.253 e. The molecule has 0 aliphatic rings. The molecule has 0 fully saturated rings. The molecule has 1 aromatic carbocycles. The number of rotatable bonds is 6. The molecule has 0 bridgehead atoms. The van der Waals surface area contributed by atoms with Crippen molar-refractivity contribution in [2.45, 2.75) is 40.8 Å². The highest BCUT2D eigenvalue weighted by molar-refractivity contribution is 7.80. The lowest BCUT2D eigenvalue weighted by atomic mass is 10.0. The van der Waals surface area contributed by atoms with Crippen molar-refractivity contribution in [3.63, 3.8) is 0 Å². The fourth-order valence-electron chi connectivity index (χ4n) is 3.23. The predicted molar refractivity (Wildman–Crippen MR) is 117 cm³/mol. The maximum absolute atomic E-state index is 12.7. The predicted octanol–water partition coefficient (Wildman–Crippen LogP) is 4.27. The number of hydrogen-bond donors (Lipinski definition) is 2.